The van der Waals surface area contributed by atoms with Crippen LogP contribution in [0.4, 0.5) is 0 Å². The average Bonchev–Trinajstić information content (AvgIpc) is 2.90. The Balaban J connectivity index is 1.79. The molecule has 1 aliphatic rings. The van der Waals surface area contributed by atoms with Crippen LogP contribution in [0, 0.1) is 0 Å². The molecule has 3 nitrogen and oxygen atoms in total. The first-order chi connectivity index (χ1) is 13.3. The molecule has 0 atom stereocenters. The van der Waals surface area contributed by atoms with Crippen molar-refractivity contribution in [2.24, 2.45) is 0 Å². The number of hydrogen-bond acceptors (Lipinski definition) is 4. The van der Waals surface area contributed by atoms with Crippen LogP contribution in [0.15, 0.2) is 39.7 Å². The van der Waals surface area contributed by atoms with E-state index in [-0.39, 0.29) is 12.5 Å². The molecule has 9 heteroatoms. The second-order valence-corrected chi connectivity index (χ2v) is 9.53. The number of hydrogen-bond donors (Lipinski definition) is 0. The van der Waals surface area contributed by atoms with Crippen molar-refractivity contribution < 1.29 is 9.53 Å². The van der Waals surface area contributed by atoms with Gasteiger partial charge in [-0.3, -0.25) is 9.69 Å². The van der Waals surface area contributed by atoms with Gasteiger partial charge in [-0.1, -0.05) is 64.8 Å². The summed E-state index contributed by atoms with van der Waals surface area (Å²) in [5.74, 6) is 0.413. The van der Waals surface area contributed by atoms with Crippen LogP contribution in [-0.4, -0.2) is 21.7 Å². The van der Waals surface area contributed by atoms with E-state index in [1.165, 1.54) is 11.8 Å². The van der Waals surface area contributed by atoms with Gasteiger partial charge in [0.25, 0.3) is 5.91 Å². The van der Waals surface area contributed by atoms with Crippen molar-refractivity contribution >= 4 is 91.0 Å². The lowest BCUT2D eigenvalue weighted by atomic mass is 10.2. The quantitative estimate of drug-likeness (QED) is 0.298. The predicted octanol–water partition coefficient (Wildman–Crippen LogP) is 7.21. The Hall–Kier alpha value is -0.760. The highest BCUT2D eigenvalue weighted by Crippen LogP contribution is 2.38. The molecule has 0 aromatic heterocycles. The van der Waals surface area contributed by atoms with Gasteiger partial charge in [-0.25, -0.2) is 0 Å². The first kappa shape index (κ1) is 21.9. The van der Waals surface area contributed by atoms with Gasteiger partial charge in [0.15, 0.2) is 5.75 Å². The molecular formula is C19H13BrCl3NO2S2. The summed E-state index contributed by atoms with van der Waals surface area (Å²) >= 11 is 28.4. The van der Waals surface area contributed by atoms with Crippen LogP contribution in [0.1, 0.15) is 18.1 Å². The molecule has 146 valence electrons. The Kier molecular flexibility index (Phi) is 7.34. The van der Waals surface area contributed by atoms with Gasteiger partial charge in [-0.15, -0.1) is 0 Å². The summed E-state index contributed by atoms with van der Waals surface area (Å²) < 4.78 is 7.08. The number of likely N-dealkylation sites (N-methyl/N-ethyl adjacent to an activating group) is 1. The molecule has 1 saturated heterocycles. The molecule has 0 spiro atoms. The Morgan fingerprint density at radius 1 is 1.18 bits per heavy atom. The van der Waals surface area contributed by atoms with Crippen LogP contribution >= 0.6 is 74.7 Å². The molecule has 2 aromatic rings. The van der Waals surface area contributed by atoms with E-state index in [2.05, 4.69) is 15.9 Å². The summed E-state index contributed by atoms with van der Waals surface area (Å²) in [6.07, 6.45) is 1.77. The Morgan fingerprint density at radius 2 is 1.93 bits per heavy atom. The third kappa shape index (κ3) is 4.86. The molecule has 28 heavy (non-hydrogen) atoms. The number of carbonyl (C=O) groups excluding carboxylic acids is 1. The Labute approximate surface area is 196 Å². The molecule has 2 aromatic carbocycles. The molecule has 0 aliphatic carbocycles. The summed E-state index contributed by atoms with van der Waals surface area (Å²) in [6.45, 7) is 2.72. The van der Waals surface area contributed by atoms with E-state index < -0.39 is 0 Å². The highest BCUT2D eigenvalue weighted by atomic mass is 79.9. The van der Waals surface area contributed by atoms with E-state index in [0.717, 1.165) is 11.1 Å². The minimum Gasteiger partial charge on any atom is -0.486 e. The summed E-state index contributed by atoms with van der Waals surface area (Å²) in [4.78, 5) is 14.5. The first-order valence-corrected chi connectivity index (χ1v) is 11.3. The molecule has 0 radical (unpaired) electrons. The number of ether oxygens (including phenoxy) is 1. The number of halogens is 4. The fourth-order valence-corrected chi connectivity index (χ4v) is 5.20. The minimum atomic E-state index is -0.0929. The lowest BCUT2D eigenvalue weighted by Crippen LogP contribution is -2.27. The molecule has 3 rings (SSSR count). The Bertz CT molecular complexity index is 974. The Morgan fingerprint density at radius 3 is 2.54 bits per heavy atom. The van der Waals surface area contributed by atoms with Gasteiger partial charge in [0, 0.05) is 6.54 Å². The van der Waals surface area contributed by atoms with Gasteiger partial charge in [0.05, 0.1) is 24.4 Å². The third-order valence-electron chi connectivity index (χ3n) is 3.88. The van der Waals surface area contributed by atoms with Crippen LogP contribution in [0.5, 0.6) is 5.75 Å². The van der Waals surface area contributed by atoms with E-state index in [1.54, 1.807) is 29.2 Å². The van der Waals surface area contributed by atoms with Crippen molar-refractivity contribution in [1.82, 2.24) is 4.90 Å². The second-order valence-electron chi connectivity index (χ2n) is 5.78. The lowest BCUT2D eigenvalue weighted by Gasteiger charge is -2.12. The molecule has 0 saturated carbocycles. The highest BCUT2D eigenvalue weighted by Gasteiger charge is 2.30. The minimum absolute atomic E-state index is 0.0929. The number of nitrogens with zero attached hydrogens (tertiary/aromatic N) is 1. The number of thiocarbonyl (C=S) groups is 1. The number of thioether (sulfide) groups is 1. The van der Waals surface area contributed by atoms with Gasteiger partial charge in [0.1, 0.15) is 10.9 Å². The molecule has 0 unspecified atom stereocenters. The molecular weight excluding hydrogens is 525 g/mol. The number of amides is 1. The van der Waals surface area contributed by atoms with Crippen molar-refractivity contribution in [3.8, 4) is 5.75 Å². The van der Waals surface area contributed by atoms with Crippen molar-refractivity contribution in [1.29, 1.82) is 0 Å². The standard InChI is InChI=1S/C19H13BrCl3NO2S2/c1-2-24-18(25)16(28-19(24)27)8-11-5-12(20)17(15(23)7-11)26-9-10-3-4-13(21)14(22)6-10/h3-8H,2,9H2,1H3/b16-8-. The summed E-state index contributed by atoms with van der Waals surface area (Å²) in [7, 11) is 0. The SMILES string of the molecule is CCN1C(=O)/C(=C/c2cc(Cl)c(OCc3ccc(Cl)c(Cl)c3)c(Br)c2)SC1=S. The molecule has 1 fully saturated rings. The highest BCUT2D eigenvalue weighted by molar-refractivity contribution is 9.10. The van der Waals surface area contributed by atoms with Crippen molar-refractivity contribution in [3.05, 3.63) is 65.9 Å². The zero-order valence-corrected chi connectivity index (χ0v) is 20.0. The van der Waals surface area contributed by atoms with Gasteiger partial charge < -0.3 is 4.74 Å². The number of rotatable bonds is 5. The van der Waals surface area contributed by atoms with E-state index in [1.807, 2.05) is 19.1 Å². The number of benzene rings is 2. The monoisotopic (exact) mass is 535 g/mol. The van der Waals surface area contributed by atoms with Gasteiger partial charge in [0.2, 0.25) is 0 Å². The largest absolute Gasteiger partial charge is 0.486 e. The third-order valence-corrected chi connectivity index (χ3v) is 6.86. The lowest BCUT2D eigenvalue weighted by molar-refractivity contribution is -0.121. The summed E-state index contributed by atoms with van der Waals surface area (Å²) in [6, 6.07) is 8.88. The predicted molar refractivity (Wildman–Crippen MR) is 125 cm³/mol. The van der Waals surface area contributed by atoms with E-state index in [0.29, 0.717) is 41.1 Å². The van der Waals surface area contributed by atoms with Crippen molar-refractivity contribution in [2.45, 2.75) is 13.5 Å². The average molecular weight is 538 g/mol. The smallest absolute Gasteiger partial charge is 0.266 e. The van der Waals surface area contributed by atoms with Crippen molar-refractivity contribution in [2.75, 3.05) is 6.54 Å². The van der Waals surface area contributed by atoms with E-state index >= 15 is 0 Å². The van der Waals surface area contributed by atoms with Gasteiger partial charge in [-0.2, -0.15) is 0 Å². The molecule has 1 heterocycles. The van der Waals surface area contributed by atoms with Crippen LogP contribution in [0.3, 0.4) is 0 Å². The molecule has 1 aliphatic heterocycles. The first-order valence-electron chi connectivity index (χ1n) is 8.11. The van der Waals surface area contributed by atoms with Crippen LogP contribution in [-0.2, 0) is 11.4 Å². The molecule has 0 N–H and O–H groups in total. The van der Waals surface area contributed by atoms with Crippen LogP contribution in [0.2, 0.25) is 15.1 Å². The summed E-state index contributed by atoms with van der Waals surface area (Å²) in [5, 5.41) is 1.38. The number of carbonyl (C=O) groups is 1. The molecule has 0 bridgehead atoms. The van der Waals surface area contributed by atoms with Crippen LogP contribution in [0.25, 0.3) is 6.08 Å². The maximum absolute atomic E-state index is 12.4. The maximum atomic E-state index is 12.4. The van der Waals surface area contributed by atoms with Gasteiger partial charge >= 0.3 is 0 Å². The fraction of sp³-hybridized carbons (Fsp3) is 0.158. The van der Waals surface area contributed by atoms with Crippen molar-refractivity contribution in [3.63, 3.8) is 0 Å². The van der Waals surface area contributed by atoms with E-state index in [4.69, 9.17) is 51.8 Å². The van der Waals surface area contributed by atoms with E-state index in [9.17, 15) is 4.79 Å². The normalized spacial score (nSPS) is 15.6. The second kappa shape index (κ2) is 9.37. The zero-order chi connectivity index (χ0) is 20.4. The molecule has 1 amide bonds. The fourth-order valence-electron chi connectivity index (χ4n) is 2.51. The van der Waals surface area contributed by atoms with Crippen LogP contribution < -0.4 is 4.74 Å². The maximum Gasteiger partial charge on any atom is 0.266 e. The zero-order valence-electron chi connectivity index (χ0n) is 14.5. The summed E-state index contributed by atoms with van der Waals surface area (Å²) in [5.41, 5.74) is 1.64. The van der Waals surface area contributed by atoms with Gasteiger partial charge in [-0.05, 0) is 64.3 Å². The topological polar surface area (TPSA) is 29.5 Å².